The number of para-hydroxylation sites is 1. The number of fused-ring (bicyclic) bond motifs is 5. The van der Waals surface area contributed by atoms with Crippen LogP contribution in [0.3, 0.4) is 0 Å². The Morgan fingerprint density at radius 2 is 1.37 bits per heavy atom. The van der Waals surface area contributed by atoms with E-state index in [4.69, 9.17) is 19.4 Å². The first kappa shape index (κ1) is 47.2. The molecule has 0 radical (unpaired) electrons. The molecular formula is C60H59N4O2PtS-. The summed E-state index contributed by atoms with van der Waals surface area (Å²) in [5.74, 6) is 1.88. The molecule has 4 heterocycles. The maximum Gasteiger partial charge on any atom is 0.170 e. The molecule has 1 N–H and O–H groups in total. The number of imidazole rings is 1. The van der Waals surface area contributed by atoms with Crippen molar-refractivity contribution in [2.45, 2.75) is 106 Å². The van der Waals surface area contributed by atoms with Gasteiger partial charge in [0.15, 0.2) is 5.58 Å². The first-order chi connectivity index (χ1) is 31.6. The van der Waals surface area contributed by atoms with Gasteiger partial charge in [0.25, 0.3) is 0 Å². The van der Waals surface area contributed by atoms with Crippen LogP contribution in [-0.4, -0.2) is 24.6 Å². The molecule has 8 heteroatoms. The van der Waals surface area contributed by atoms with Crippen LogP contribution in [-0.2, 0) is 43.7 Å². The van der Waals surface area contributed by atoms with Crippen molar-refractivity contribution in [2.24, 2.45) is 5.41 Å². The zero-order chi connectivity index (χ0) is 47.4. The van der Waals surface area contributed by atoms with Crippen molar-refractivity contribution >= 4 is 53.6 Å². The van der Waals surface area contributed by atoms with Gasteiger partial charge in [0.1, 0.15) is 29.2 Å². The summed E-state index contributed by atoms with van der Waals surface area (Å²) in [4.78, 5) is 15.4. The molecule has 0 aliphatic carbocycles. The third-order valence-electron chi connectivity index (χ3n) is 12.9. The van der Waals surface area contributed by atoms with Crippen LogP contribution in [0.2, 0.25) is 0 Å². The van der Waals surface area contributed by atoms with Gasteiger partial charge in [-0.25, -0.2) is 9.97 Å². The van der Waals surface area contributed by atoms with Crippen LogP contribution in [0.15, 0.2) is 126 Å². The van der Waals surface area contributed by atoms with Crippen molar-refractivity contribution in [1.29, 1.82) is 0 Å². The summed E-state index contributed by atoms with van der Waals surface area (Å²) in [6.07, 6.45) is 2.49. The second-order valence-corrected chi connectivity index (χ2v) is 23.6. The number of thiophene rings is 1. The van der Waals surface area contributed by atoms with Gasteiger partial charge in [0, 0.05) is 44.3 Å². The number of benzene rings is 6. The van der Waals surface area contributed by atoms with Gasteiger partial charge in [0.05, 0.1) is 31.7 Å². The number of phenols is 1. The van der Waals surface area contributed by atoms with Gasteiger partial charge in [-0.1, -0.05) is 184 Å². The van der Waals surface area contributed by atoms with E-state index in [1.165, 1.54) is 5.56 Å². The Morgan fingerprint density at radius 3 is 2.07 bits per heavy atom. The number of hydrogen-bond donors (Lipinski definition) is 1. The van der Waals surface area contributed by atoms with Gasteiger partial charge in [0.2, 0.25) is 0 Å². The summed E-state index contributed by atoms with van der Waals surface area (Å²) in [7, 11) is 0. The van der Waals surface area contributed by atoms with Crippen LogP contribution >= 0.6 is 11.3 Å². The second kappa shape index (κ2) is 17.0. The van der Waals surface area contributed by atoms with Crippen molar-refractivity contribution < 1.29 is 30.6 Å². The van der Waals surface area contributed by atoms with Gasteiger partial charge in [-0.3, -0.25) is 9.55 Å². The Morgan fingerprint density at radius 1 is 0.662 bits per heavy atom. The van der Waals surface area contributed by atoms with Crippen molar-refractivity contribution in [3.8, 4) is 56.3 Å². The second-order valence-electron chi connectivity index (χ2n) is 22.5. The monoisotopic (exact) mass is 1090 g/mol. The number of aromatic hydroxyl groups is 1. The molecule has 0 saturated carbocycles. The fraction of sp³-hybridized carbons (Fsp3) is 0.283. The number of furan rings is 1. The zero-order valence-corrected chi connectivity index (χ0v) is 44.2. The van der Waals surface area contributed by atoms with Crippen LogP contribution in [0.4, 0.5) is 0 Å². The first-order valence-electron chi connectivity index (χ1n) is 23.4. The van der Waals surface area contributed by atoms with Crippen molar-refractivity contribution in [1.82, 2.24) is 19.5 Å². The molecule has 6 nitrogen and oxygen atoms in total. The average Bonchev–Trinajstić information content (AvgIpc) is 3.95. The maximum atomic E-state index is 12.6. The minimum atomic E-state index is -0.341. The van der Waals surface area contributed by atoms with E-state index in [1.54, 1.807) is 17.7 Å². The molecule has 10 aromatic rings. The first-order valence-corrected chi connectivity index (χ1v) is 24.2. The van der Waals surface area contributed by atoms with E-state index in [0.29, 0.717) is 11.4 Å². The van der Waals surface area contributed by atoms with Gasteiger partial charge in [-0.2, -0.15) is 0 Å². The molecule has 4 aromatic heterocycles. The Bertz CT molecular complexity index is 3550. The number of rotatable bonds is 6. The smallest absolute Gasteiger partial charge is 0.170 e. The molecule has 10 rings (SSSR count). The predicted octanol–water partition coefficient (Wildman–Crippen LogP) is 16.6. The van der Waals surface area contributed by atoms with Crippen LogP contribution in [0.5, 0.6) is 5.75 Å². The third kappa shape index (κ3) is 8.51. The van der Waals surface area contributed by atoms with E-state index in [9.17, 15) is 5.11 Å². The molecule has 348 valence electrons. The van der Waals surface area contributed by atoms with Crippen LogP contribution in [0.1, 0.15) is 106 Å². The molecule has 0 aliphatic heterocycles. The van der Waals surface area contributed by atoms with Crippen LogP contribution in [0, 0.1) is 11.5 Å². The quantitative estimate of drug-likeness (QED) is 0.168. The Kier molecular flexibility index (Phi) is 11.8. The summed E-state index contributed by atoms with van der Waals surface area (Å²) < 4.78 is 10.8. The Hall–Kier alpha value is -5.88. The minimum absolute atomic E-state index is 0. The van der Waals surface area contributed by atoms with Crippen LogP contribution < -0.4 is 0 Å². The fourth-order valence-corrected chi connectivity index (χ4v) is 10.5. The van der Waals surface area contributed by atoms with Crippen molar-refractivity contribution in [2.75, 3.05) is 0 Å². The van der Waals surface area contributed by atoms with Gasteiger partial charge < -0.3 is 9.52 Å². The molecule has 0 amide bonds. The van der Waals surface area contributed by atoms with Gasteiger partial charge in [-0.15, -0.1) is 29.0 Å². The van der Waals surface area contributed by atoms with E-state index in [0.717, 1.165) is 105 Å². The number of nitrogens with zero attached hydrogens (tertiary/aromatic N) is 4. The summed E-state index contributed by atoms with van der Waals surface area (Å²) >= 11 is 1.67. The third-order valence-corrected chi connectivity index (χ3v) is 14.0. The fourth-order valence-electron chi connectivity index (χ4n) is 9.37. The Labute approximate surface area is 418 Å². The summed E-state index contributed by atoms with van der Waals surface area (Å²) in [5, 5.41) is 14.7. The van der Waals surface area contributed by atoms with E-state index in [2.05, 4.69) is 209 Å². The van der Waals surface area contributed by atoms with E-state index < -0.39 is 0 Å². The SMILES string of the molecule is CC(C)(C)Cc1cc2sc3c(-c4[c-]c(-c5cccc6c5nc(-c5cc(C(C)(C)C)cc(C(C)(C)C)c5O)n6-c5ccc(C(C)(C)C)cc5-c5ccccc5)c5ccccc5c4)ncnc3c2o1.[Pt]. The molecule has 6 aromatic carbocycles. The van der Waals surface area contributed by atoms with E-state index in [1.807, 2.05) is 0 Å². The topological polar surface area (TPSA) is 77.0 Å². The standard InChI is InChI=1S/C60H59N4O2S.Pt/c1-57(2,3)33-40-32-49-54(66-40)52-55(67-49)50(61-34-62-52)37-27-36-21-16-17-22-41(36)44(28-37)42-23-18-24-48-51(42)63-56(45-30-39(59(7,8)9)31-46(53(45)65)60(10,11)12)64(48)47-26-25-38(58(4,5)6)29-43(47)35-19-14-13-15-20-35;/h13-27,29-32,34,65H,33H2,1-12H3;/q-1;. The molecule has 68 heavy (non-hydrogen) atoms. The predicted molar refractivity (Wildman–Crippen MR) is 281 cm³/mol. The van der Waals surface area contributed by atoms with Gasteiger partial charge >= 0.3 is 0 Å². The number of hydrogen-bond acceptors (Lipinski definition) is 6. The normalized spacial score (nSPS) is 12.7. The minimum Gasteiger partial charge on any atom is -0.507 e. The maximum absolute atomic E-state index is 12.6. The molecule has 0 bridgehead atoms. The van der Waals surface area contributed by atoms with Gasteiger partial charge in [-0.05, 0) is 68.7 Å². The van der Waals surface area contributed by atoms with E-state index in [-0.39, 0.29) is 48.5 Å². The molecule has 0 atom stereocenters. The summed E-state index contributed by atoms with van der Waals surface area (Å²) in [5.41, 5.74) is 13.5. The van der Waals surface area contributed by atoms with Crippen LogP contribution in [0.25, 0.3) is 92.9 Å². The number of phenolic OH excluding ortho intramolecular Hbond substituents is 1. The average molecular weight is 1100 g/mol. The Balaban J connectivity index is 0.00000578. The molecule has 0 aliphatic rings. The molecule has 0 saturated heterocycles. The summed E-state index contributed by atoms with van der Waals surface area (Å²) in [6, 6.07) is 44.9. The molecule has 0 unspecified atom stereocenters. The van der Waals surface area contributed by atoms with E-state index >= 15 is 0 Å². The molecule has 0 fully saturated rings. The summed E-state index contributed by atoms with van der Waals surface area (Å²) in [6.45, 7) is 26.6. The largest absolute Gasteiger partial charge is 0.507 e. The van der Waals surface area contributed by atoms with Crippen molar-refractivity contribution in [3.63, 3.8) is 0 Å². The molecular weight excluding hydrogens is 1040 g/mol. The zero-order valence-electron chi connectivity index (χ0n) is 41.1. The molecule has 0 spiro atoms. The van der Waals surface area contributed by atoms with Crippen molar-refractivity contribution in [3.05, 3.63) is 150 Å². The number of aromatic nitrogens is 4.